The van der Waals surface area contributed by atoms with Gasteiger partial charge in [-0.05, 0) is 24.9 Å². The van der Waals surface area contributed by atoms with E-state index in [0.717, 1.165) is 19.1 Å². The number of nitrogens with one attached hydrogen (secondary N) is 1. The summed E-state index contributed by atoms with van der Waals surface area (Å²) >= 11 is 0. The third-order valence-electron chi connectivity index (χ3n) is 3.86. The van der Waals surface area contributed by atoms with Gasteiger partial charge in [0.15, 0.2) is 0 Å². The molecule has 0 aromatic heterocycles. The first kappa shape index (κ1) is 13.6. The van der Waals surface area contributed by atoms with Gasteiger partial charge in [-0.25, -0.2) is 0 Å². The van der Waals surface area contributed by atoms with E-state index in [1.54, 1.807) is 0 Å². The number of hydrogen-bond acceptors (Lipinski definition) is 2. The fourth-order valence-corrected chi connectivity index (χ4v) is 2.83. The quantitative estimate of drug-likeness (QED) is 0.794. The lowest BCUT2D eigenvalue weighted by molar-refractivity contribution is 0.0886. The second kappa shape index (κ2) is 6.91. The lowest BCUT2D eigenvalue weighted by atomic mass is 9.97. The van der Waals surface area contributed by atoms with Gasteiger partial charge in [0.2, 0.25) is 0 Å². The van der Waals surface area contributed by atoms with Crippen molar-refractivity contribution in [3.05, 3.63) is 35.9 Å². The molecule has 0 aliphatic carbocycles. The molecular formula is C16H26N2. The molecule has 2 nitrogen and oxygen atoms in total. The Morgan fingerprint density at radius 3 is 2.39 bits per heavy atom. The maximum Gasteiger partial charge on any atom is 0.0352 e. The Morgan fingerprint density at radius 1 is 1.17 bits per heavy atom. The summed E-state index contributed by atoms with van der Waals surface area (Å²) in [5, 5.41) is 3.41. The summed E-state index contributed by atoms with van der Waals surface area (Å²) in [7, 11) is 0. The van der Waals surface area contributed by atoms with Crippen molar-refractivity contribution in [2.24, 2.45) is 0 Å². The molecule has 0 radical (unpaired) electrons. The van der Waals surface area contributed by atoms with Crippen molar-refractivity contribution in [2.75, 3.05) is 19.6 Å². The Bertz CT molecular complexity index is 332. The van der Waals surface area contributed by atoms with E-state index in [2.05, 4.69) is 54.4 Å². The van der Waals surface area contributed by atoms with Crippen molar-refractivity contribution in [3.63, 3.8) is 0 Å². The molecule has 1 aliphatic rings. The van der Waals surface area contributed by atoms with E-state index in [0.29, 0.717) is 6.04 Å². The Balaban J connectivity index is 2.15. The largest absolute Gasteiger partial charge is 0.314 e. The maximum absolute atomic E-state index is 3.41. The number of benzene rings is 1. The van der Waals surface area contributed by atoms with Crippen LogP contribution in [0.25, 0.3) is 0 Å². The van der Waals surface area contributed by atoms with Gasteiger partial charge in [-0.2, -0.15) is 0 Å². The maximum atomic E-state index is 3.41. The van der Waals surface area contributed by atoms with Crippen LogP contribution in [0.1, 0.15) is 44.7 Å². The predicted octanol–water partition coefficient (Wildman–Crippen LogP) is 3.21. The zero-order valence-electron chi connectivity index (χ0n) is 11.7. The monoisotopic (exact) mass is 246 g/mol. The molecule has 0 bridgehead atoms. The van der Waals surface area contributed by atoms with E-state index in [4.69, 9.17) is 0 Å². The highest BCUT2D eigenvalue weighted by Crippen LogP contribution is 2.28. The van der Waals surface area contributed by atoms with Gasteiger partial charge in [-0.1, -0.05) is 50.6 Å². The molecule has 1 saturated heterocycles. The lowest BCUT2D eigenvalue weighted by Crippen LogP contribution is -2.58. The zero-order chi connectivity index (χ0) is 12.8. The first-order valence-corrected chi connectivity index (χ1v) is 7.38. The zero-order valence-corrected chi connectivity index (χ0v) is 11.7. The summed E-state index contributed by atoms with van der Waals surface area (Å²) in [6, 6.07) is 12.4. The minimum absolute atomic E-state index is 0.600. The highest BCUT2D eigenvalue weighted by atomic mass is 15.3. The lowest BCUT2D eigenvalue weighted by Gasteiger charge is -2.43. The van der Waals surface area contributed by atoms with Crippen LogP contribution in [-0.4, -0.2) is 30.6 Å². The summed E-state index contributed by atoms with van der Waals surface area (Å²) in [6.07, 6.45) is 3.75. The Kier molecular flexibility index (Phi) is 5.21. The number of nitrogens with zero attached hydrogens (tertiary/aromatic N) is 1. The molecule has 18 heavy (non-hydrogen) atoms. The third kappa shape index (κ3) is 3.12. The van der Waals surface area contributed by atoms with Crippen molar-refractivity contribution in [1.29, 1.82) is 0 Å². The fraction of sp³-hybridized carbons (Fsp3) is 0.625. The normalized spacial score (nSPS) is 17.7. The van der Waals surface area contributed by atoms with Gasteiger partial charge in [0.05, 0.1) is 0 Å². The third-order valence-corrected chi connectivity index (χ3v) is 3.86. The van der Waals surface area contributed by atoms with Crippen LogP contribution in [-0.2, 0) is 0 Å². The molecule has 1 unspecified atom stereocenters. The SMILES string of the molecule is CCCC(c1ccccc1)N(CCC)C1CNC1. The van der Waals surface area contributed by atoms with Gasteiger partial charge < -0.3 is 5.32 Å². The molecule has 0 spiro atoms. The van der Waals surface area contributed by atoms with Crippen molar-refractivity contribution in [1.82, 2.24) is 10.2 Å². The van der Waals surface area contributed by atoms with Gasteiger partial charge in [0, 0.05) is 25.2 Å². The molecular weight excluding hydrogens is 220 g/mol. The molecule has 2 heteroatoms. The summed E-state index contributed by atoms with van der Waals surface area (Å²) in [5.74, 6) is 0. The second-order valence-corrected chi connectivity index (χ2v) is 5.27. The predicted molar refractivity (Wildman–Crippen MR) is 77.7 cm³/mol. The highest BCUT2D eigenvalue weighted by Gasteiger charge is 2.29. The van der Waals surface area contributed by atoms with E-state index >= 15 is 0 Å². The number of hydrogen-bond donors (Lipinski definition) is 1. The minimum Gasteiger partial charge on any atom is -0.314 e. The first-order chi connectivity index (χ1) is 8.86. The van der Waals surface area contributed by atoms with Gasteiger partial charge in [-0.3, -0.25) is 4.90 Å². The minimum atomic E-state index is 0.600. The van der Waals surface area contributed by atoms with Crippen molar-refractivity contribution in [2.45, 2.75) is 45.2 Å². The molecule has 1 heterocycles. The van der Waals surface area contributed by atoms with E-state index in [1.807, 2.05) is 0 Å². The molecule has 100 valence electrons. The average molecular weight is 246 g/mol. The molecule has 0 saturated carbocycles. The van der Waals surface area contributed by atoms with E-state index < -0.39 is 0 Å². The van der Waals surface area contributed by atoms with Crippen LogP contribution in [0.4, 0.5) is 0 Å². The van der Waals surface area contributed by atoms with Crippen LogP contribution in [0.5, 0.6) is 0 Å². The highest BCUT2D eigenvalue weighted by molar-refractivity contribution is 5.19. The van der Waals surface area contributed by atoms with Gasteiger partial charge in [0.25, 0.3) is 0 Å². The Labute approximate surface area is 111 Å². The number of rotatable bonds is 7. The molecule has 1 aromatic rings. The first-order valence-electron chi connectivity index (χ1n) is 7.38. The molecule has 1 N–H and O–H groups in total. The summed E-state index contributed by atoms with van der Waals surface area (Å²) in [4.78, 5) is 2.72. The molecule has 1 fully saturated rings. The van der Waals surface area contributed by atoms with Crippen LogP contribution in [0.15, 0.2) is 30.3 Å². The Morgan fingerprint density at radius 2 is 1.89 bits per heavy atom. The molecule has 1 atom stereocenters. The van der Waals surface area contributed by atoms with E-state index in [9.17, 15) is 0 Å². The van der Waals surface area contributed by atoms with Crippen molar-refractivity contribution in [3.8, 4) is 0 Å². The van der Waals surface area contributed by atoms with E-state index in [1.165, 1.54) is 31.4 Å². The standard InChI is InChI=1S/C16H26N2/c1-3-8-16(14-9-6-5-7-10-14)18(11-4-2)15-12-17-13-15/h5-7,9-10,15-17H,3-4,8,11-13H2,1-2H3. The van der Waals surface area contributed by atoms with Crippen molar-refractivity contribution >= 4 is 0 Å². The van der Waals surface area contributed by atoms with Crippen LogP contribution in [0.2, 0.25) is 0 Å². The molecule has 0 amide bonds. The van der Waals surface area contributed by atoms with E-state index in [-0.39, 0.29) is 0 Å². The van der Waals surface area contributed by atoms with Crippen molar-refractivity contribution < 1.29 is 0 Å². The molecule has 1 aromatic carbocycles. The van der Waals surface area contributed by atoms with Gasteiger partial charge >= 0.3 is 0 Å². The summed E-state index contributed by atoms with van der Waals surface area (Å²) in [5.41, 5.74) is 1.49. The fourth-order valence-electron chi connectivity index (χ4n) is 2.83. The smallest absolute Gasteiger partial charge is 0.0352 e. The van der Waals surface area contributed by atoms with Gasteiger partial charge in [0.1, 0.15) is 0 Å². The second-order valence-electron chi connectivity index (χ2n) is 5.27. The molecule has 2 rings (SSSR count). The van der Waals surface area contributed by atoms with Crippen LogP contribution in [0, 0.1) is 0 Å². The molecule has 1 aliphatic heterocycles. The average Bonchev–Trinajstić information content (AvgIpc) is 2.34. The topological polar surface area (TPSA) is 15.3 Å². The summed E-state index contributed by atoms with van der Waals surface area (Å²) in [6.45, 7) is 8.11. The van der Waals surface area contributed by atoms with Crippen LogP contribution >= 0.6 is 0 Å². The Hall–Kier alpha value is -0.860. The van der Waals surface area contributed by atoms with Gasteiger partial charge in [-0.15, -0.1) is 0 Å². The van der Waals surface area contributed by atoms with Crippen LogP contribution < -0.4 is 5.32 Å². The summed E-state index contributed by atoms with van der Waals surface area (Å²) < 4.78 is 0. The van der Waals surface area contributed by atoms with Crippen LogP contribution in [0.3, 0.4) is 0 Å².